The van der Waals surface area contributed by atoms with E-state index >= 15 is 0 Å². The van der Waals surface area contributed by atoms with Crippen molar-refractivity contribution >= 4 is 33.6 Å². The highest BCUT2D eigenvalue weighted by molar-refractivity contribution is 7.92. The van der Waals surface area contributed by atoms with Crippen molar-refractivity contribution in [2.45, 2.75) is 83.2 Å². The second kappa shape index (κ2) is 14.6. The molecule has 0 radical (unpaired) electrons. The van der Waals surface area contributed by atoms with Gasteiger partial charge in [-0.15, -0.1) is 0 Å². The first-order valence-corrected chi connectivity index (χ1v) is 16.9. The molecule has 11 nitrogen and oxygen atoms in total. The van der Waals surface area contributed by atoms with Crippen LogP contribution in [0, 0.1) is 6.92 Å². The minimum absolute atomic E-state index is 0.109. The summed E-state index contributed by atoms with van der Waals surface area (Å²) in [6.07, 6.45) is -0.217. The molecule has 0 bridgehead atoms. The van der Waals surface area contributed by atoms with Crippen LogP contribution in [0.4, 0.5) is 10.5 Å². The minimum Gasteiger partial charge on any atom is -0.444 e. The van der Waals surface area contributed by atoms with E-state index in [1.807, 2.05) is 43.3 Å². The van der Waals surface area contributed by atoms with Crippen molar-refractivity contribution in [1.82, 2.24) is 15.5 Å². The molecule has 12 heteroatoms. The smallest absolute Gasteiger partial charge is 0.408 e. The lowest BCUT2D eigenvalue weighted by atomic mass is 9.98. The first kappa shape index (κ1) is 35.4. The second-order valence-electron chi connectivity index (χ2n) is 13.2. The lowest BCUT2D eigenvalue weighted by molar-refractivity contribution is -0.140. The summed E-state index contributed by atoms with van der Waals surface area (Å²) in [5.41, 5.74) is 1.86. The Morgan fingerprint density at radius 3 is 2.26 bits per heavy atom. The summed E-state index contributed by atoms with van der Waals surface area (Å²) in [5, 5.41) is 5.36. The van der Waals surface area contributed by atoms with Crippen molar-refractivity contribution in [3.8, 4) is 0 Å². The molecule has 0 saturated carbocycles. The Balaban J connectivity index is 1.49. The third-order valence-corrected chi connectivity index (χ3v) is 8.89. The zero-order valence-corrected chi connectivity index (χ0v) is 28.6. The predicted molar refractivity (Wildman–Crippen MR) is 179 cm³/mol. The largest absolute Gasteiger partial charge is 0.444 e. The zero-order chi connectivity index (χ0) is 34.4. The van der Waals surface area contributed by atoms with Gasteiger partial charge in [-0.3, -0.25) is 14.3 Å². The number of alkyl carbamates (subject to hydrolysis) is 1. The average molecular weight is 665 g/mol. The lowest BCUT2D eigenvalue weighted by Crippen LogP contribution is -2.60. The molecular formula is C35H44N4O7S. The van der Waals surface area contributed by atoms with Crippen molar-refractivity contribution in [2.24, 2.45) is 0 Å². The Morgan fingerprint density at radius 1 is 0.915 bits per heavy atom. The van der Waals surface area contributed by atoms with Crippen LogP contribution in [0.3, 0.4) is 0 Å². The lowest BCUT2D eigenvalue weighted by Gasteiger charge is -2.34. The van der Waals surface area contributed by atoms with Gasteiger partial charge in [0.2, 0.25) is 11.8 Å². The summed E-state index contributed by atoms with van der Waals surface area (Å²) < 4.78 is 39.8. The Hall–Kier alpha value is -4.42. The summed E-state index contributed by atoms with van der Waals surface area (Å²) in [6.45, 7) is 10.8. The molecule has 3 aromatic carbocycles. The van der Waals surface area contributed by atoms with E-state index in [1.165, 1.54) is 13.8 Å². The van der Waals surface area contributed by atoms with Crippen LogP contribution in [0.5, 0.6) is 0 Å². The van der Waals surface area contributed by atoms with Gasteiger partial charge in [-0.25, -0.2) is 13.2 Å². The van der Waals surface area contributed by atoms with Crippen LogP contribution in [0.1, 0.15) is 56.9 Å². The molecule has 252 valence electrons. The van der Waals surface area contributed by atoms with Crippen molar-refractivity contribution in [3.05, 3.63) is 95.1 Å². The first-order chi connectivity index (χ1) is 22.0. The van der Waals surface area contributed by atoms with Gasteiger partial charge in [-0.2, -0.15) is 0 Å². The van der Waals surface area contributed by atoms with E-state index in [-0.39, 0.29) is 30.6 Å². The van der Waals surface area contributed by atoms with Crippen molar-refractivity contribution < 1.29 is 32.3 Å². The monoisotopic (exact) mass is 664 g/mol. The fraction of sp³-hybridized carbons (Fsp3) is 0.400. The Morgan fingerprint density at radius 2 is 1.60 bits per heavy atom. The van der Waals surface area contributed by atoms with Crippen LogP contribution in [-0.4, -0.2) is 61.6 Å². The van der Waals surface area contributed by atoms with E-state index in [0.29, 0.717) is 18.7 Å². The van der Waals surface area contributed by atoms with Gasteiger partial charge in [0.25, 0.3) is 10.0 Å². The number of carbonyl (C=O) groups is 3. The van der Waals surface area contributed by atoms with Gasteiger partial charge < -0.3 is 25.0 Å². The Labute approximate surface area is 277 Å². The van der Waals surface area contributed by atoms with Gasteiger partial charge in [0.1, 0.15) is 17.2 Å². The number of nitrogens with zero attached hydrogens (tertiary/aromatic N) is 1. The van der Waals surface area contributed by atoms with E-state index in [0.717, 1.165) is 22.3 Å². The summed E-state index contributed by atoms with van der Waals surface area (Å²) >= 11 is 0. The van der Waals surface area contributed by atoms with E-state index in [2.05, 4.69) is 15.4 Å². The molecule has 0 aliphatic carbocycles. The molecule has 3 N–H and O–H groups in total. The number of aryl methyl sites for hydroxylation is 1. The quantitative estimate of drug-likeness (QED) is 0.270. The van der Waals surface area contributed by atoms with Crippen LogP contribution < -0.4 is 15.4 Å². The Kier molecular flexibility index (Phi) is 11.0. The van der Waals surface area contributed by atoms with E-state index in [9.17, 15) is 22.8 Å². The number of amides is 3. The van der Waals surface area contributed by atoms with Gasteiger partial charge in [-0.05, 0) is 88.9 Å². The molecule has 0 saturated heterocycles. The number of carbonyl (C=O) groups excluding carboxylic acids is 3. The van der Waals surface area contributed by atoms with Gasteiger partial charge in [0.15, 0.2) is 0 Å². The number of sulfonamides is 1. The number of ether oxygens (including phenoxy) is 2. The number of anilines is 1. The molecule has 0 spiro atoms. The normalized spacial score (nSPS) is 14.0. The van der Waals surface area contributed by atoms with Crippen LogP contribution in [-0.2, 0) is 48.7 Å². The molecule has 0 aromatic heterocycles. The van der Waals surface area contributed by atoms with E-state index in [4.69, 9.17) is 9.47 Å². The third-order valence-electron chi connectivity index (χ3n) is 7.49. The van der Waals surface area contributed by atoms with Crippen LogP contribution in [0.25, 0.3) is 0 Å². The fourth-order valence-corrected chi connectivity index (χ4v) is 6.01. The number of nitrogens with one attached hydrogen (secondary N) is 3. The SMILES string of the molecule is Cc1ccc(S(=O)(=O)Nc2ccc3c(c2)CN(C(=O)[C@@H](COCc2ccccc2)NC(=O)C(C)(C)NC(=O)OC(C)(C)C)CC3)cc1. The summed E-state index contributed by atoms with van der Waals surface area (Å²) in [7, 11) is -3.81. The maximum atomic E-state index is 14.0. The maximum Gasteiger partial charge on any atom is 0.408 e. The minimum atomic E-state index is -3.81. The predicted octanol–water partition coefficient (Wildman–Crippen LogP) is 4.69. The van der Waals surface area contributed by atoms with Crippen LogP contribution >= 0.6 is 0 Å². The topological polar surface area (TPSA) is 143 Å². The van der Waals surface area contributed by atoms with Crippen molar-refractivity contribution in [2.75, 3.05) is 17.9 Å². The average Bonchev–Trinajstić information content (AvgIpc) is 2.99. The first-order valence-electron chi connectivity index (χ1n) is 15.5. The highest BCUT2D eigenvalue weighted by Crippen LogP contribution is 2.25. The van der Waals surface area contributed by atoms with Gasteiger partial charge in [-0.1, -0.05) is 54.1 Å². The summed E-state index contributed by atoms with van der Waals surface area (Å²) in [5.74, 6) is -0.953. The highest BCUT2D eigenvalue weighted by atomic mass is 32.2. The van der Waals surface area contributed by atoms with E-state index < -0.39 is 39.2 Å². The number of benzene rings is 3. The molecular weight excluding hydrogens is 620 g/mol. The zero-order valence-electron chi connectivity index (χ0n) is 27.8. The molecule has 47 heavy (non-hydrogen) atoms. The van der Waals surface area contributed by atoms with Gasteiger partial charge in [0.05, 0.1) is 18.1 Å². The van der Waals surface area contributed by atoms with Crippen LogP contribution in [0.2, 0.25) is 0 Å². The standard InChI is InChI=1S/C35H44N4O7S/c1-24-12-16-29(17-13-24)47(43,44)38-28-15-14-26-18-19-39(21-27(26)20-28)31(40)30(23-45-22-25-10-8-7-9-11-25)36-32(41)35(5,6)37-33(42)46-34(2,3)4/h7-17,20,30,38H,18-19,21-23H2,1-6H3,(H,36,41)(H,37,42)/t30-/m1/s1. The maximum absolute atomic E-state index is 14.0. The van der Waals surface area contributed by atoms with Gasteiger partial charge >= 0.3 is 6.09 Å². The molecule has 3 amide bonds. The van der Waals surface area contributed by atoms with Crippen molar-refractivity contribution in [1.29, 1.82) is 0 Å². The molecule has 1 atom stereocenters. The van der Waals surface area contributed by atoms with Crippen LogP contribution in [0.15, 0.2) is 77.7 Å². The molecule has 1 heterocycles. The molecule has 0 fully saturated rings. The number of fused-ring (bicyclic) bond motifs is 1. The van der Waals surface area contributed by atoms with E-state index in [1.54, 1.807) is 62.1 Å². The number of rotatable bonds is 11. The molecule has 1 aliphatic heterocycles. The molecule has 4 rings (SSSR count). The molecule has 3 aromatic rings. The number of hydrogen-bond donors (Lipinski definition) is 3. The third kappa shape index (κ3) is 10.0. The van der Waals surface area contributed by atoms with Crippen molar-refractivity contribution in [3.63, 3.8) is 0 Å². The molecule has 1 aliphatic rings. The molecule has 0 unspecified atom stereocenters. The fourth-order valence-electron chi connectivity index (χ4n) is 4.96. The number of hydrogen-bond acceptors (Lipinski definition) is 7. The summed E-state index contributed by atoms with van der Waals surface area (Å²) in [4.78, 5) is 41.6. The Bertz CT molecular complexity index is 1690. The summed E-state index contributed by atoms with van der Waals surface area (Å²) in [6, 6.07) is 20.3. The highest BCUT2D eigenvalue weighted by Gasteiger charge is 2.36. The van der Waals surface area contributed by atoms with Gasteiger partial charge in [0, 0.05) is 18.8 Å². The second-order valence-corrected chi connectivity index (χ2v) is 14.9.